The molecule has 1 atom stereocenters. The third kappa shape index (κ3) is 11.8. The highest BCUT2D eigenvalue weighted by atomic mass is 16.5. The van der Waals surface area contributed by atoms with Crippen LogP contribution in [0.3, 0.4) is 0 Å². The van der Waals surface area contributed by atoms with Crippen LogP contribution in [0.5, 0.6) is 0 Å². The van der Waals surface area contributed by atoms with Crippen LogP contribution in [0, 0.1) is 5.41 Å². The van der Waals surface area contributed by atoms with Crippen molar-refractivity contribution in [3.63, 3.8) is 0 Å². The molecular formula is C14H28N2O4. The Morgan fingerprint density at radius 3 is 2.30 bits per heavy atom. The smallest absolute Gasteiger partial charge is 0.315 e. The van der Waals surface area contributed by atoms with E-state index in [0.29, 0.717) is 19.6 Å². The minimum Gasteiger partial charge on any atom is -0.481 e. The van der Waals surface area contributed by atoms with Crippen molar-refractivity contribution in [1.82, 2.24) is 10.6 Å². The fourth-order valence-electron chi connectivity index (χ4n) is 1.82. The summed E-state index contributed by atoms with van der Waals surface area (Å²) in [6.45, 7) is 10.7. The Kier molecular flexibility index (Phi) is 8.22. The lowest BCUT2D eigenvalue weighted by Gasteiger charge is -2.25. The highest BCUT2D eigenvalue weighted by Gasteiger charge is 2.22. The summed E-state index contributed by atoms with van der Waals surface area (Å²) < 4.78 is 5.31. The molecule has 0 saturated heterocycles. The molecule has 0 aromatic carbocycles. The third-order valence-corrected chi connectivity index (χ3v) is 2.45. The molecule has 0 aromatic rings. The number of carboxylic acid groups (broad SMARTS) is 1. The predicted octanol–water partition coefficient (Wildman–Crippen LogP) is 1.99. The van der Waals surface area contributed by atoms with Crippen LogP contribution in [-0.4, -0.2) is 42.4 Å². The fraction of sp³-hybridized carbons (Fsp3) is 0.857. The Labute approximate surface area is 121 Å². The van der Waals surface area contributed by atoms with E-state index in [1.807, 2.05) is 34.6 Å². The average molecular weight is 288 g/mol. The van der Waals surface area contributed by atoms with E-state index in [1.165, 1.54) is 0 Å². The van der Waals surface area contributed by atoms with Crippen molar-refractivity contribution in [3.8, 4) is 0 Å². The number of carboxylic acids is 1. The third-order valence-electron chi connectivity index (χ3n) is 2.45. The summed E-state index contributed by atoms with van der Waals surface area (Å²) in [6, 6.07) is -0.730. The van der Waals surface area contributed by atoms with Gasteiger partial charge in [-0.2, -0.15) is 0 Å². The number of urea groups is 1. The van der Waals surface area contributed by atoms with Gasteiger partial charge in [-0.05, 0) is 25.7 Å². The first-order valence-corrected chi connectivity index (χ1v) is 6.98. The van der Waals surface area contributed by atoms with E-state index in [9.17, 15) is 9.59 Å². The van der Waals surface area contributed by atoms with E-state index in [-0.39, 0.29) is 30.0 Å². The van der Waals surface area contributed by atoms with Crippen molar-refractivity contribution >= 4 is 12.0 Å². The largest absolute Gasteiger partial charge is 0.481 e. The molecule has 2 amide bonds. The second-order valence-corrected chi connectivity index (χ2v) is 6.38. The SMILES string of the molecule is CC(C)OCCNC(=O)NC(CC(=O)O)CC(C)(C)C. The van der Waals surface area contributed by atoms with Gasteiger partial charge in [0, 0.05) is 12.6 Å². The molecule has 0 saturated carbocycles. The molecule has 0 aliphatic rings. The second-order valence-electron chi connectivity index (χ2n) is 6.38. The Balaban J connectivity index is 4.15. The van der Waals surface area contributed by atoms with Gasteiger partial charge in [0.15, 0.2) is 0 Å². The molecule has 0 aliphatic carbocycles. The van der Waals surface area contributed by atoms with Gasteiger partial charge in [0.2, 0.25) is 0 Å². The summed E-state index contributed by atoms with van der Waals surface area (Å²) in [6.07, 6.45) is 0.656. The number of hydrogen-bond acceptors (Lipinski definition) is 3. The minimum absolute atomic E-state index is 0.0475. The van der Waals surface area contributed by atoms with Gasteiger partial charge in [-0.3, -0.25) is 4.79 Å². The van der Waals surface area contributed by atoms with Gasteiger partial charge in [0.05, 0.1) is 19.1 Å². The maximum absolute atomic E-state index is 11.7. The molecule has 0 rings (SSSR count). The van der Waals surface area contributed by atoms with Crippen LogP contribution >= 0.6 is 0 Å². The number of carbonyl (C=O) groups is 2. The molecule has 3 N–H and O–H groups in total. The number of ether oxygens (including phenoxy) is 1. The molecule has 0 fully saturated rings. The molecule has 1 unspecified atom stereocenters. The van der Waals surface area contributed by atoms with Crippen molar-refractivity contribution in [2.75, 3.05) is 13.2 Å². The normalized spacial score (nSPS) is 13.1. The number of nitrogens with one attached hydrogen (secondary N) is 2. The number of hydrogen-bond donors (Lipinski definition) is 3. The Bertz CT molecular complexity index is 311. The quantitative estimate of drug-likeness (QED) is 0.596. The number of amides is 2. The van der Waals surface area contributed by atoms with Crippen LogP contribution in [0.2, 0.25) is 0 Å². The van der Waals surface area contributed by atoms with Gasteiger partial charge < -0.3 is 20.5 Å². The van der Waals surface area contributed by atoms with Gasteiger partial charge in [0.1, 0.15) is 0 Å². The predicted molar refractivity (Wildman–Crippen MR) is 77.7 cm³/mol. The molecule has 6 nitrogen and oxygen atoms in total. The van der Waals surface area contributed by atoms with E-state index in [0.717, 1.165) is 0 Å². The second kappa shape index (κ2) is 8.79. The molecule has 0 aliphatic heterocycles. The Morgan fingerprint density at radius 2 is 1.85 bits per heavy atom. The zero-order chi connectivity index (χ0) is 15.8. The maximum atomic E-state index is 11.7. The molecule has 0 bridgehead atoms. The van der Waals surface area contributed by atoms with E-state index < -0.39 is 5.97 Å². The Hall–Kier alpha value is -1.30. The molecule has 0 heterocycles. The summed E-state index contributed by atoms with van der Waals surface area (Å²) in [5, 5.41) is 14.2. The van der Waals surface area contributed by atoms with Gasteiger partial charge in [-0.25, -0.2) is 4.79 Å². The molecular weight excluding hydrogens is 260 g/mol. The maximum Gasteiger partial charge on any atom is 0.315 e. The summed E-state index contributed by atoms with van der Waals surface area (Å²) >= 11 is 0. The van der Waals surface area contributed by atoms with E-state index >= 15 is 0 Å². The molecule has 0 spiro atoms. The molecule has 0 radical (unpaired) electrons. The van der Waals surface area contributed by atoms with Crippen molar-refractivity contribution in [3.05, 3.63) is 0 Å². The monoisotopic (exact) mass is 288 g/mol. The molecule has 6 heteroatoms. The van der Waals surface area contributed by atoms with Crippen LogP contribution < -0.4 is 10.6 Å². The summed E-state index contributed by atoms with van der Waals surface area (Å²) in [4.78, 5) is 22.5. The fourth-order valence-corrected chi connectivity index (χ4v) is 1.82. The lowest BCUT2D eigenvalue weighted by Crippen LogP contribution is -2.45. The van der Waals surface area contributed by atoms with Gasteiger partial charge in [0.25, 0.3) is 0 Å². The standard InChI is InChI=1S/C14H28N2O4/c1-10(2)20-7-6-15-13(19)16-11(8-12(17)18)9-14(3,4)5/h10-11H,6-9H2,1-5H3,(H,17,18)(H2,15,16,19). The molecule has 0 aromatic heterocycles. The van der Waals surface area contributed by atoms with Crippen molar-refractivity contribution < 1.29 is 19.4 Å². The van der Waals surface area contributed by atoms with Crippen LogP contribution in [-0.2, 0) is 9.53 Å². The summed E-state index contributed by atoms with van der Waals surface area (Å²) in [5.41, 5.74) is -0.0475. The number of carbonyl (C=O) groups excluding carboxylic acids is 1. The van der Waals surface area contributed by atoms with E-state index in [4.69, 9.17) is 9.84 Å². The number of rotatable bonds is 8. The zero-order valence-electron chi connectivity index (χ0n) is 13.2. The lowest BCUT2D eigenvalue weighted by molar-refractivity contribution is -0.137. The first kappa shape index (κ1) is 18.7. The summed E-state index contributed by atoms with van der Waals surface area (Å²) in [5.74, 6) is -0.914. The highest BCUT2D eigenvalue weighted by molar-refractivity contribution is 5.75. The Morgan fingerprint density at radius 1 is 1.25 bits per heavy atom. The van der Waals surface area contributed by atoms with Crippen molar-refractivity contribution in [2.24, 2.45) is 5.41 Å². The van der Waals surface area contributed by atoms with Crippen molar-refractivity contribution in [1.29, 1.82) is 0 Å². The molecule has 20 heavy (non-hydrogen) atoms. The topological polar surface area (TPSA) is 87.7 Å². The van der Waals surface area contributed by atoms with Crippen LogP contribution in [0.15, 0.2) is 0 Å². The number of aliphatic carboxylic acids is 1. The van der Waals surface area contributed by atoms with Crippen LogP contribution in [0.4, 0.5) is 4.79 Å². The van der Waals surface area contributed by atoms with Crippen molar-refractivity contribution in [2.45, 2.75) is 59.6 Å². The first-order chi connectivity index (χ1) is 9.10. The van der Waals surface area contributed by atoms with Gasteiger partial charge in [-0.1, -0.05) is 20.8 Å². The lowest BCUT2D eigenvalue weighted by atomic mass is 9.87. The first-order valence-electron chi connectivity index (χ1n) is 6.98. The van der Waals surface area contributed by atoms with Crippen LogP contribution in [0.25, 0.3) is 0 Å². The van der Waals surface area contributed by atoms with Crippen LogP contribution in [0.1, 0.15) is 47.5 Å². The molecule has 118 valence electrons. The average Bonchev–Trinajstić information content (AvgIpc) is 2.20. The zero-order valence-corrected chi connectivity index (χ0v) is 13.2. The van der Waals surface area contributed by atoms with Gasteiger partial charge >= 0.3 is 12.0 Å². The summed E-state index contributed by atoms with van der Waals surface area (Å²) in [7, 11) is 0. The van der Waals surface area contributed by atoms with Gasteiger partial charge in [-0.15, -0.1) is 0 Å². The van der Waals surface area contributed by atoms with E-state index in [1.54, 1.807) is 0 Å². The minimum atomic E-state index is -0.914. The highest BCUT2D eigenvalue weighted by Crippen LogP contribution is 2.22. The van der Waals surface area contributed by atoms with E-state index in [2.05, 4.69) is 10.6 Å².